The Morgan fingerprint density at radius 1 is 0.957 bits per heavy atom. The lowest BCUT2D eigenvalue weighted by Crippen LogP contribution is -2.50. The third-order valence-corrected chi connectivity index (χ3v) is 7.32. The van der Waals surface area contributed by atoms with E-state index >= 15 is 4.39 Å². The minimum Gasteiger partial charge on any atom is -0.332 e. The van der Waals surface area contributed by atoms with Gasteiger partial charge >= 0.3 is 24.0 Å². The molecule has 46 heavy (non-hydrogen) atoms. The van der Waals surface area contributed by atoms with Gasteiger partial charge in [0.2, 0.25) is 5.95 Å². The average Bonchev–Trinajstić information content (AvgIpc) is 3.81. The van der Waals surface area contributed by atoms with Gasteiger partial charge in [0.15, 0.2) is 5.82 Å². The van der Waals surface area contributed by atoms with Gasteiger partial charge in [0.25, 0.3) is 18.2 Å². The number of halogens is 12. The standard InChI is InChI=1S/C27H15F11IN3O4/c28-18-7-6-12(10-40-18)23(44)42(46-24(45)11-4-5-11)17-3-1-2-14(19(17)29)22(43)41-20-15(21(30)31)8-13(9-16(20)39)25(32,26(33,34)35)27(36,37)38/h1-3,6-11,21H,4-5H2,(H,41,43). The fourth-order valence-corrected chi connectivity index (χ4v) is 4.74. The van der Waals surface area contributed by atoms with Gasteiger partial charge in [-0.05, 0) is 71.8 Å². The van der Waals surface area contributed by atoms with Gasteiger partial charge < -0.3 is 10.2 Å². The van der Waals surface area contributed by atoms with E-state index in [0.29, 0.717) is 12.8 Å². The summed E-state index contributed by atoms with van der Waals surface area (Å²) in [4.78, 5) is 46.9. The molecule has 4 rings (SSSR count). The maximum atomic E-state index is 15.8. The number of pyridine rings is 1. The number of anilines is 2. The minimum absolute atomic E-state index is 0.0652. The van der Waals surface area contributed by atoms with Crippen LogP contribution in [0.1, 0.15) is 51.1 Å². The summed E-state index contributed by atoms with van der Waals surface area (Å²) in [5, 5.41) is 1.90. The molecule has 0 bridgehead atoms. The van der Waals surface area contributed by atoms with Crippen molar-refractivity contribution in [2.45, 2.75) is 37.3 Å². The molecule has 1 N–H and O–H groups in total. The highest BCUT2D eigenvalue weighted by atomic mass is 127. The number of hydrogen-bond acceptors (Lipinski definition) is 5. The Labute approximate surface area is 263 Å². The quantitative estimate of drug-likeness (QED) is 0.114. The molecule has 19 heteroatoms. The van der Waals surface area contributed by atoms with Crippen molar-refractivity contribution in [1.29, 1.82) is 0 Å². The Kier molecular flexibility index (Phi) is 9.56. The van der Waals surface area contributed by atoms with Crippen LogP contribution in [0.25, 0.3) is 0 Å². The number of carbonyl (C=O) groups excluding carboxylic acids is 3. The van der Waals surface area contributed by atoms with E-state index in [1.807, 2.05) is 0 Å². The van der Waals surface area contributed by atoms with Gasteiger partial charge in [-0.25, -0.2) is 27.3 Å². The molecule has 0 atom stereocenters. The molecule has 3 aromatic rings. The lowest BCUT2D eigenvalue weighted by Gasteiger charge is -2.31. The highest BCUT2D eigenvalue weighted by Gasteiger charge is 2.73. The number of benzene rings is 2. The van der Waals surface area contributed by atoms with Crippen molar-refractivity contribution in [2.24, 2.45) is 5.92 Å². The summed E-state index contributed by atoms with van der Waals surface area (Å²) in [5.74, 6) is -7.08. The first kappa shape index (κ1) is 34.8. The summed E-state index contributed by atoms with van der Waals surface area (Å²) in [6, 6.07) is 3.75. The van der Waals surface area contributed by atoms with E-state index in [-0.39, 0.29) is 11.1 Å². The average molecular weight is 781 g/mol. The predicted octanol–water partition coefficient (Wildman–Crippen LogP) is 7.96. The van der Waals surface area contributed by atoms with E-state index in [2.05, 4.69) is 4.98 Å². The van der Waals surface area contributed by atoms with Gasteiger partial charge in [-0.15, -0.1) is 5.06 Å². The van der Waals surface area contributed by atoms with E-state index < -0.39 is 103 Å². The smallest absolute Gasteiger partial charge is 0.332 e. The molecule has 0 unspecified atom stereocenters. The zero-order valence-corrected chi connectivity index (χ0v) is 24.4. The first-order chi connectivity index (χ1) is 21.3. The molecule has 0 aliphatic heterocycles. The monoisotopic (exact) mass is 781 g/mol. The van der Waals surface area contributed by atoms with Crippen molar-refractivity contribution in [3.8, 4) is 0 Å². The third kappa shape index (κ3) is 6.73. The van der Waals surface area contributed by atoms with Gasteiger partial charge in [0.1, 0.15) is 5.69 Å². The van der Waals surface area contributed by atoms with Crippen molar-refractivity contribution in [1.82, 2.24) is 4.98 Å². The van der Waals surface area contributed by atoms with Crippen LogP contribution in [-0.4, -0.2) is 35.1 Å². The van der Waals surface area contributed by atoms with Gasteiger partial charge in [-0.1, -0.05) is 6.07 Å². The predicted molar refractivity (Wildman–Crippen MR) is 143 cm³/mol. The second kappa shape index (κ2) is 12.6. The summed E-state index contributed by atoms with van der Waals surface area (Å²) >= 11 is 0.976. The molecular weight excluding hydrogens is 766 g/mol. The molecule has 2 aromatic carbocycles. The number of amides is 2. The van der Waals surface area contributed by atoms with Gasteiger partial charge in [-0.2, -0.15) is 30.7 Å². The molecule has 1 aromatic heterocycles. The number of aromatic nitrogens is 1. The Balaban J connectivity index is 1.75. The SMILES string of the molecule is O=C(Nc1c(I)cc(C(F)(C(F)(F)F)C(F)(F)F)cc1C(F)F)c1cccc(N(OC(=O)C2CC2)C(=O)c2ccc(F)nc2)c1F. The van der Waals surface area contributed by atoms with Gasteiger partial charge in [0.05, 0.1) is 22.7 Å². The van der Waals surface area contributed by atoms with Crippen LogP contribution in [0.4, 0.5) is 59.7 Å². The molecule has 1 heterocycles. The van der Waals surface area contributed by atoms with Crippen molar-refractivity contribution in [3.63, 3.8) is 0 Å². The first-order valence-corrected chi connectivity index (χ1v) is 13.6. The van der Waals surface area contributed by atoms with E-state index in [9.17, 15) is 58.3 Å². The fraction of sp³-hybridized carbons (Fsp3) is 0.259. The molecule has 7 nitrogen and oxygen atoms in total. The Hall–Kier alpha value is -4.04. The van der Waals surface area contributed by atoms with Crippen LogP contribution in [0.2, 0.25) is 0 Å². The molecular formula is C27H15F11IN3O4. The zero-order chi connectivity index (χ0) is 34.4. The topological polar surface area (TPSA) is 88.6 Å². The normalized spacial score (nSPS) is 13.8. The van der Waals surface area contributed by atoms with E-state index in [1.54, 1.807) is 5.32 Å². The van der Waals surface area contributed by atoms with Crippen molar-refractivity contribution in [3.05, 3.63) is 86.3 Å². The molecule has 1 fully saturated rings. The molecule has 0 saturated heterocycles. The number of hydrogen-bond donors (Lipinski definition) is 1. The summed E-state index contributed by atoms with van der Waals surface area (Å²) in [7, 11) is 0. The van der Waals surface area contributed by atoms with Gasteiger partial charge in [-0.3, -0.25) is 9.59 Å². The number of hydroxylamine groups is 1. The highest BCUT2D eigenvalue weighted by molar-refractivity contribution is 14.1. The van der Waals surface area contributed by atoms with Crippen LogP contribution in [0.5, 0.6) is 0 Å². The summed E-state index contributed by atoms with van der Waals surface area (Å²) < 4.78 is 150. The lowest BCUT2D eigenvalue weighted by molar-refractivity contribution is -0.348. The maximum Gasteiger partial charge on any atom is 0.435 e. The molecule has 1 saturated carbocycles. The number of rotatable bonds is 7. The summed E-state index contributed by atoms with van der Waals surface area (Å²) in [6.45, 7) is 0. The fourth-order valence-electron chi connectivity index (χ4n) is 3.95. The summed E-state index contributed by atoms with van der Waals surface area (Å²) in [5.41, 5.74) is -13.4. The van der Waals surface area contributed by atoms with Crippen LogP contribution < -0.4 is 10.4 Å². The maximum absolute atomic E-state index is 15.8. The van der Waals surface area contributed by atoms with Crippen molar-refractivity contribution < 1.29 is 67.5 Å². The zero-order valence-electron chi connectivity index (χ0n) is 22.3. The Bertz CT molecular complexity index is 1660. The van der Waals surface area contributed by atoms with E-state index in [0.717, 1.165) is 59.1 Å². The molecule has 1 aliphatic carbocycles. The third-order valence-electron chi connectivity index (χ3n) is 6.47. The largest absolute Gasteiger partial charge is 0.435 e. The van der Waals surface area contributed by atoms with E-state index in [4.69, 9.17) is 4.84 Å². The van der Waals surface area contributed by atoms with Crippen molar-refractivity contribution in [2.75, 3.05) is 10.4 Å². The number of nitrogens with zero attached hydrogens (tertiary/aromatic N) is 2. The first-order valence-electron chi connectivity index (χ1n) is 12.5. The summed E-state index contributed by atoms with van der Waals surface area (Å²) in [6.07, 6.45) is -15.6. The molecule has 0 radical (unpaired) electrons. The minimum atomic E-state index is -6.63. The van der Waals surface area contributed by atoms with Crippen LogP contribution in [0.3, 0.4) is 0 Å². The van der Waals surface area contributed by atoms with Gasteiger partial charge in [0, 0.05) is 20.9 Å². The molecule has 2 amide bonds. The second-order valence-electron chi connectivity index (χ2n) is 9.62. The number of nitrogens with one attached hydrogen (secondary N) is 1. The Morgan fingerprint density at radius 2 is 1.59 bits per heavy atom. The molecule has 1 aliphatic rings. The Morgan fingerprint density at radius 3 is 2.11 bits per heavy atom. The number of alkyl halides is 9. The van der Waals surface area contributed by atoms with Crippen LogP contribution in [-0.2, 0) is 15.3 Å². The van der Waals surface area contributed by atoms with E-state index in [1.165, 1.54) is 0 Å². The lowest BCUT2D eigenvalue weighted by atomic mass is 9.92. The molecule has 0 spiro atoms. The van der Waals surface area contributed by atoms with Crippen LogP contribution in [0, 0.1) is 21.3 Å². The highest BCUT2D eigenvalue weighted by Crippen LogP contribution is 2.54. The van der Waals surface area contributed by atoms with Crippen LogP contribution >= 0.6 is 22.6 Å². The number of carbonyl (C=O) groups is 3. The second-order valence-corrected chi connectivity index (χ2v) is 10.8. The van der Waals surface area contributed by atoms with Crippen molar-refractivity contribution >= 4 is 51.7 Å². The van der Waals surface area contributed by atoms with Crippen LogP contribution in [0.15, 0.2) is 48.7 Å². The molecule has 246 valence electrons.